The number of amides is 1. The Hall–Kier alpha value is -3.36. The lowest BCUT2D eigenvalue weighted by atomic mass is 10.0. The second-order valence-corrected chi connectivity index (χ2v) is 7.63. The average Bonchev–Trinajstić information content (AvgIpc) is 3.12. The van der Waals surface area contributed by atoms with Crippen molar-refractivity contribution in [1.82, 2.24) is 15.0 Å². The van der Waals surface area contributed by atoms with Gasteiger partial charge in [0.2, 0.25) is 0 Å². The first-order valence-electron chi connectivity index (χ1n) is 9.75. The van der Waals surface area contributed by atoms with Gasteiger partial charge in [-0.2, -0.15) is 13.2 Å². The van der Waals surface area contributed by atoms with Crippen LogP contribution < -0.4 is 10.8 Å². The number of benzene rings is 1. The molecule has 0 aliphatic heterocycles. The third-order valence-electron chi connectivity index (χ3n) is 5.11. The van der Waals surface area contributed by atoms with Crippen molar-refractivity contribution in [2.75, 3.05) is 0 Å². The van der Waals surface area contributed by atoms with E-state index >= 15 is 0 Å². The highest BCUT2D eigenvalue weighted by Gasteiger charge is 2.31. The topological polar surface area (TPSA) is 83.9 Å². The second kappa shape index (κ2) is 8.79. The van der Waals surface area contributed by atoms with E-state index in [1.54, 1.807) is 29.0 Å². The van der Waals surface area contributed by atoms with E-state index < -0.39 is 17.6 Å². The van der Waals surface area contributed by atoms with Crippen LogP contribution in [0.5, 0.6) is 0 Å². The molecule has 0 bridgehead atoms. The van der Waals surface area contributed by atoms with Crippen LogP contribution in [0.25, 0.3) is 11.3 Å². The molecule has 1 unspecified atom stereocenters. The smallest absolute Gasteiger partial charge is 0.355 e. The third-order valence-corrected chi connectivity index (χ3v) is 5.11. The lowest BCUT2D eigenvalue weighted by Crippen LogP contribution is -2.37. The van der Waals surface area contributed by atoms with Gasteiger partial charge in [0.05, 0.1) is 17.7 Å². The molecule has 6 nitrogen and oxygen atoms in total. The summed E-state index contributed by atoms with van der Waals surface area (Å²) in [7, 11) is 0. The molecule has 31 heavy (non-hydrogen) atoms. The standard InChI is InChI=1S/C22H23F3N4O2/c1-13(2)14(3)27-21(30)19-17(12-29-11-5-4-6-18(29)26)20(31-28-19)15-7-9-16(10-8-15)22(23,24)25/h4-11,13-14,26H,12H2,1-3H3,(H,27,30). The molecular formula is C22H23F3N4O2. The van der Waals surface area contributed by atoms with E-state index in [4.69, 9.17) is 9.93 Å². The van der Waals surface area contributed by atoms with Crippen LogP contribution in [0.1, 0.15) is 42.4 Å². The lowest BCUT2D eigenvalue weighted by molar-refractivity contribution is -0.137. The van der Waals surface area contributed by atoms with Crippen molar-refractivity contribution in [1.29, 1.82) is 5.41 Å². The molecule has 9 heteroatoms. The zero-order valence-electron chi connectivity index (χ0n) is 17.3. The van der Waals surface area contributed by atoms with Gasteiger partial charge in [-0.3, -0.25) is 10.2 Å². The number of rotatable bonds is 6. The number of pyridine rings is 1. The van der Waals surface area contributed by atoms with Crippen molar-refractivity contribution in [3.05, 3.63) is 71.0 Å². The van der Waals surface area contributed by atoms with Crippen LogP contribution in [0.3, 0.4) is 0 Å². The maximum absolute atomic E-state index is 12.9. The Balaban J connectivity index is 2.05. The molecule has 3 rings (SSSR count). The van der Waals surface area contributed by atoms with Crippen LogP contribution in [0.15, 0.2) is 53.2 Å². The fourth-order valence-corrected chi connectivity index (χ4v) is 2.90. The van der Waals surface area contributed by atoms with Crippen LogP contribution in [-0.2, 0) is 12.7 Å². The van der Waals surface area contributed by atoms with Crippen LogP contribution in [0.4, 0.5) is 13.2 Å². The number of alkyl halides is 3. The van der Waals surface area contributed by atoms with Gasteiger partial charge < -0.3 is 14.4 Å². The molecule has 0 spiro atoms. The summed E-state index contributed by atoms with van der Waals surface area (Å²) < 4.78 is 45.8. The zero-order chi connectivity index (χ0) is 22.8. The fourth-order valence-electron chi connectivity index (χ4n) is 2.90. The molecule has 1 aromatic carbocycles. The van der Waals surface area contributed by atoms with Gasteiger partial charge in [-0.05, 0) is 37.1 Å². The van der Waals surface area contributed by atoms with Gasteiger partial charge in [0, 0.05) is 17.8 Å². The number of halogens is 3. The van der Waals surface area contributed by atoms with Crippen LogP contribution in [-0.4, -0.2) is 21.7 Å². The summed E-state index contributed by atoms with van der Waals surface area (Å²) in [5.41, 5.74) is 0.196. The van der Waals surface area contributed by atoms with E-state index in [2.05, 4.69) is 10.5 Å². The number of carbonyl (C=O) groups excluding carboxylic acids is 1. The Bertz CT molecular complexity index is 1110. The van der Waals surface area contributed by atoms with Gasteiger partial charge in [0.15, 0.2) is 11.5 Å². The molecule has 164 valence electrons. The molecule has 1 atom stereocenters. The third kappa shape index (κ3) is 5.04. The summed E-state index contributed by atoms with van der Waals surface area (Å²) in [5.74, 6) is -0.0648. The van der Waals surface area contributed by atoms with Gasteiger partial charge in [-0.15, -0.1) is 0 Å². The van der Waals surface area contributed by atoms with Gasteiger partial charge in [-0.1, -0.05) is 37.2 Å². The van der Waals surface area contributed by atoms with Gasteiger partial charge in [0.25, 0.3) is 5.91 Å². The number of carbonyl (C=O) groups is 1. The Morgan fingerprint density at radius 1 is 1.16 bits per heavy atom. The molecule has 1 amide bonds. The predicted molar refractivity (Wildman–Crippen MR) is 108 cm³/mol. The van der Waals surface area contributed by atoms with Crippen molar-refractivity contribution in [2.45, 2.75) is 39.5 Å². The molecule has 3 aromatic rings. The van der Waals surface area contributed by atoms with Crippen LogP contribution in [0.2, 0.25) is 0 Å². The Labute approximate surface area is 177 Å². The van der Waals surface area contributed by atoms with Crippen molar-refractivity contribution in [3.63, 3.8) is 0 Å². The fraction of sp³-hybridized carbons (Fsp3) is 0.318. The van der Waals surface area contributed by atoms with E-state index in [-0.39, 0.29) is 35.4 Å². The molecule has 0 radical (unpaired) electrons. The Morgan fingerprint density at radius 3 is 2.42 bits per heavy atom. The molecule has 0 aliphatic rings. The second-order valence-electron chi connectivity index (χ2n) is 7.63. The highest BCUT2D eigenvalue weighted by Crippen LogP contribution is 2.33. The number of aromatic nitrogens is 2. The summed E-state index contributed by atoms with van der Waals surface area (Å²) in [6, 6.07) is 9.38. The Morgan fingerprint density at radius 2 is 1.84 bits per heavy atom. The van der Waals surface area contributed by atoms with Crippen molar-refractivity contribution in [2.24, 2.45) is 5.92 Å². The normalized spacial score (nSPS) is 12.7. The molecule has 0 fully saturated rings. The van der Waals surface area contributed by atoms with Crippen molar-refractivity contribution >= 4 is 5.91 Å². The van der Waals surface area contributed by atoms with Crippen molar-refractivity contribution < 1.29 is 22.5 Å². The summed E-state index contributed by atoms with van der Waals surface area (Å²) in [5, 5.41) is 14.9. The quantitative estimate of drug-likeness (QED) is 0.603. The van der Waals surface area contributed by atoms with Gasteiger partial charge >= 0.3 is 6.18 Å². The summed E-state index contributed by atoms with van der Waals surface area (Å²) >= 11 is 0. The number of hydrogen-bond donors (Lipinski definition) is 2. The first-order chi connectivity index (χ1) is 14.6. The van der Waals surface area contributed by atoms with Crippen molar-refractivity contribution in [3.8, 4) is 11.3 Å². The van der Waals surface area contributed by atoms with E-state index in [0.29, 0.717) is 11.1 Å². The average molecular weight is 432 g/mol. The van der Waals surface area contributed by atoms with E-state index in [0.717, 1.165) is 12.1 Å². The predicted octanol–water partition coefficient (Wildman–Crippen LogP) is 4.46. The lowest BCUT2D eigenvalue weighted by Gasteiger charge is -2.17. The summed E-state index contributed by atoms with van der Waals surface area (Å²) in [4.78, 5) is 12.8. The van der Waals surface area contributed by atoms with Crippen LogP contribution >= 0.6 is 0 Å². The van der Waals surface area contributed by atoms with Gasteiger partial charge in [-0.25, -0.2) is 0 Å². The number of hydrogen-bond acceptors (Lipinski definition) is 4. The SMILES string of the molecule is CC(C)C(C)NC(=O)c1noc(-c2ccc(C(F)(F)F)cc2)c1Cn1ccccc1=N. The summed E-state index contributed by atoms with van der Waals surface area (Å²) in [6.45, 7) is 5.90. The van der Waals surface area contributed by atoms with E-state index in [1.807, 2.05) is 20.8 Å². The first kappa shape index (κ1) is 22.3. The number of nitrogens with one attached hydrogen (secondary N) is 2. The monoisotopic (exact) mass is 432 g/mol. The highest BCUT2D eigenvalue weighted by molar-refractivity contribution is 5.95. The zero-order valence-corrected chi connectivity index (χ0v) is 17.3. The molecular weight excluding hydrogens is 409 g/mol. The minimum atomic E-state index is -4.46. The molecule has 0 aliphatic carbocycles. The molecule has 2 aromatic heterocycles. The maximum Gasteiger partial charge on any atom is 0.416 e. The summed E-state index contributed by atoms with van der Waals surface area (Å²) in [6.07, 6.45) is -2.79. The maximum atomic E-state index is 12.9. The number of nitrogens with zero attached hydrogens (tertiary/aromatic N) is 2. The Kier molecular flexibility index (Phi) is 6.33. The molecule has 2 N–H and O–H groups in total. The largest absolute Gasteiger partial charge is 0.416 e. The first-order valence-corrected chi connectivity index (χ1v) is 9.75. The van der Waals surface area contributed by atoms with E-state index in [1.165, 1.54) is 12.1 Å². The minimum absolute atomic E-state index is 0.0400. The minimum Gasteiger partial charge on any atom is -0.355 e. The molecule has 0 saturated carbocycles. The molecule has 2 heterocycles. The highest BCUT2D eigenvalue weighted by atomic mass is 19.4. The van der Waals surface area contributed by atoms with Gasteiger partial charge in [0.1, 0.15) is 5.49 Å². The van der Waals surface area contributed by atoms with E-state index in [9.17, 15) is 18.0 Å². The molecule has 0 saturated heterocycles. The van der Waals surface area contributed by atoms with Crippen LogP contribution in [0, 0.1) is 11.3 Å².